The third kappa shape index (κ3) is 4.84. The second kappa shape index (κ2) is 8.87. The molecule has 2 fully saturated rings. The Morgan fingerprint density at radius 3 is 2.92 bits per heavy atom. The third-order valence-electron chi connectivity index (χ3n) is 4.69. The van der Waals surface area contributed by atoms with Crippen LogP contribution in [0.15, 0.2) is 23.3 Å². The van der Waals surface area contributed by atoms with Gasteiger partial charge in [-0.1, -0.05) is 0 Å². The number of nitrogens with zero attached hydrogens (tertiary/aromatic N) is 3. The van der Waals surface area contributed by atoms with Crippen molar-refractivity contribution in [1.82, 2.24) is 15.6 Å². The molecule has 6 heteroatoms. The molecule has 3 rings (SSSR count). The molecular formula is C18H29N5O. The molecule has 1 unspecified atom stereocenters. The van der Waals surface area contributed by atoms with E-state index in [1.165, 1.54) is 24.8 Å². The van der Waals surface area contributed by atoms with Crippen LogP contribution in [0.4, 0.5) is 5.82 Å². The normalized spacial score (nSPS) is 21.8. The predicted molar refractivity (Wildman–Crippen MR) is 97.5 cm³/mol. The molecule has 1 aromatic rings. The Morgan fingerprint density at radius 1 is 1.29 bits per heavy atom. The van der Waals surface area contributed by atoms with Gasteiger partial charge in [-0.2, -0.15) is 0 Å². The van der Waals surface area contributed by atoms with Crippen LogP contribution in [-0.2, 0) is 11.3 Å². The van der Waals surface area contributed by atoms with Gasteiger partial charge in [-0.3, -0.25) is 4.99 Å². The molecule has 6 nitrogen and oxygen atoms in total. The molecule has 3 heterocycles. The fourth-order valence-corrected chi connectivity index (χ4v) is 3.29. The first-order valence-corrected chi connectivity index (χ1v) is 9.11. The van der Waals surface area contributed by atoms with Crippen molar-refractivity contribution in [2.24, 2.45) is 4.99 Å². The summed E-state index contributed by atoms with van der Waals surface area (Å²) in [6.45, 7) is 4.68. The highest BCUT2D eigenvalue weighted by Crippen LogP contribution is 2.18. The Labute approximate surface area is 144 Å². The van der Waals surface area contributed by atoms with Gasteiger partial charge in [-0.25, -0.2) is 4.98 Å². The average Bonchev–Trinajstić information content (AvgIpc) is 3.16. The lowest BCUT2D eigenvalue weighted by molar-refractivity contribution is 0.114. The van der Waals surface area contributed by atoms with E-state index in [2.05, 4.69) is 37.6 Å². The first kappa shape index (κ1) is 17.0. The van der Waals surface area contributed by atoms with Gasteiger partial charge in [0.2, 0.25) is 0 Å². The van der Waals surface area contributed by atoms with Crippen molar-refractivity contribution in [3.8, 4) is 0 Å². The number of hydrogen-bond acceptors (Lipinski definition) is 4. The maximum absolute atomic E-state index is 5.63. The van der Waals surface area contributed by atoms with Crippen LogP contribution in [-0.4, -0.2) is 50.3 Å². The molecule has 0 bridgehead atoms. The Kier molecular flexibility index (Phi) is 6.29. The van der Waals surface area contributed by atoms with E-state index in [-0.39, 0.29) is 0 Å². The SMILES string of the molecule is CN=C(NCc1ccnc(N2CCCCC2)c1)NCC1CCCO1. The van der Waals surface area contributed by atoms with E-state index < -0.39 is 0 Å². The van der Waals surface area contributed by atoms with Gasteiger partial charge in [0, 0.05) is 46.0 Å². The highest BCUT2D eigenvalue weighted by molar-refractivity contribution is 5.79. The van der Waals surface area contributed by atoms with Crippen molar-refractivity contribution in [3.05, 3.63) is 23.9 Å². The van der Waals surface area contributed by atoms with Gasteiger partial charge in [0.25, 0.3) is 0 Å². The van der Waals surface area contributed by atoms with E-state index >= 15 is 0 Å². The number of anilines is 1. The Morgan fingerprint density at radius 2 is 2.17 bits per heavy atom. The van der Waals surface area contributed by atoms with Gasteiger partial charge in [0.1, 0.15) is 5.82 Å². The fourth-order valence-electron chi connectivity index (χ4n) is 3.29. The molecule has 1 atom stereocenters. The van der Waals surface area contributed by atoms with E-state index in [1.54, 1.807) is 7.05 Å². The van der Waals surface area contributed by atoms with Gasteiger partial charge in [-0.05, 0) is 49.8 Å². The van der Waals surface area contributed by atoms with Crippen LogP contribution in [0.25, 0.3) is 0 Å². The fraction of sp³-hybridized carbons (Fsp3) is 0.667. The summed E-state index contributed by atoms with van der Waals surface area (Å²) in [6.07, 6.45) is 8.39. The largest absolute Gasteiger partial charge is 0.376 e. The zero-order chi connectivity index (χ0) is 16.6. The van der Waals surface area contributed by atoms with Gasteiger partial charge in [0.05, 0.1) is 6.10 Å². The summed E-state index contributed by atoms with van der Waals surface area (Å²) < 4.78 is 5.63. The maximum Gasteiger partial charge on any atom is 0.191 e. The standard InChI is InChI=1S/C18H29N5O/c1-19-18(22-14-16-6-5-11-24-16)21-13-15-7-8-20-17(12-15)23-9-3-2-4-10-23/h7-8,12,16H,2-6,9-11,13-14H2,1H3,(H2,19,21,22). The number of pyridine rings is 1. The number of guanidine groups is 1. The summed E-state index contributed by atoms with van der Waals surface area (Å²) >= 11 is 0. The molecule has 1 aromatic heterocycles. The number of nitrogens with one attached hydrogen (secondary N) is 2. The molecule has 0 aromatic carbocycles. The summed E-state index contributed by atoms with van der Waals surface area (Å²) in [5.74, 6) is 1.91. The Balaban J connectivity index is 1.49. The number of piperidine rings is 1. The molecule has 2 N–H and O–H groups in total. The lowest BCUT2D eigenvalue weighted by Crippen LogP contribution is -2.40. The molecule has 132 valence electrons. The van der Waals surface area contributed by atoms with Crippen LogP contribution in [0.3, 0.4) is 0 Å². The van der Waals surface area contributed by atoms with Crippen molar-refractivity contribution in [2.45, 2.75) is 44.8 Å². The first-order valence-electron chi connectivity index (χ1n) is 9.11. The first-order chi connectivity index (χ1) is 11.8. The monoisotopic (exact) mass is 331 g/mol. The van der Waals surface area contributed by atoms with Crippen molar-refractivity contribution < 1.29 is 4.74 Å². The molecule has 0 radical (unpaired) electrons. The van der Waals surface area contributed by atoms with E-state index in [9.17, 15) is 0 Å². The summed E-state index contributed by atoms with van der Waals surface area (Å²) in [5, 5.41) is 6.72. The zero-order valence-electron chi connectivity index (χ0n) is 14.6. The third-order valence-corrected chi connectivity index (χ3v) is 4.69. The number of aromatic nitrogens is 1. The minimum atomic E-state index is 0.315. The summed E-state index contributed by atoms with van der Waals surface area (Å²) in [4.78, 5) is 11.2. The number of rotatable bonds is 5. The summed E-state index contributed by atoms with van der Waals surface area (Å²) in [6, 6.07) is 4.25. The maximum atomic E-state index is 5.63. The lowest BCUT2D eigenvalue weighted by Gasteiger charge is -2.28. The molecule has 0 amide bonds. The highest BCUT2D eigenvalue weighted by atomic mass is 16.5. The van der Waals surface area contributed by atoms with Crippen molar-refractivity contribution in [1.29, 1.82) is 0 Å². The molecule has 2 saturated heterocycles. The van der Waals surface area contributed by atoms with E-state index in [1.807, 2.05) is 6.20 Å². The van der Waals surface area contributed by atoms with Crippen molar-refractivity contribution in [2.75, 3.05) is 38.2 Å². The molecule has 0 aliphatic carbocycles. The number of aliphatic imine (C=N–C) groups is 1. The number of ether oxygens (including phenoxy) is 1. The quantitative estimate of drug-likeness (QED) is 0.637. The minimum absolute atomic E-state index is 0.315. The summed E-state index contributed by atoms with van der Waals surface area (Å²) in [7, 11) is 1.80. The average molecular weight is 331 g/mol. The molecule has 24 heavy (non-hydrogen) atoms. The van der Waals surface area contributed by atoms with Crippen LogP contribution >= 0.6 is 0 Å². The van der Waals surface area contributed by atoms with E-state index in [0.717, 1.165) is 57.4 Å². The molecule has 2 aliphatic heterocycles. The lowest BCUT2D eigenvalue weighted by atomic mass is 10.1. The van der Waals surface area contributed by atoms with Gasteiger partial charge < -0.3 is 20.3 Å². The van der Waals surface area contributed by atoms with Gasteiger partial charge in [0.15, 0.2) is 5.96 Å². The smallest absolute Gasteiger partial charge is 0.191 e. The van der Waals surface area contributed by atoms with Crippen LogP contribution in [0.1, 0.15) is 37.7 Å². The molecule has 0 spiro atoms. The van der Waals surface area contributed by atoms with E-state index in [0.29, 0.717) is 6.10 Å². The topological polar surface area (TPSA) is 61.8 Å². The highest BCUT2D eigenvalue weighted by Gasteiger charge is 2.15. The minimum Gasteiger partial charge on any atom is -0.376 e. The second-order valence-corrected chi connectivity index (χ2v) is 6.51. The number of hydrogen-bond donors (Lipinski definition) is 2. The Bertz CT molecular complexity index is 536. The molecule has 2 aliphatic rings. The Hall–Kier alpha value is -1.82. The zero-order valence-corrected chi connectivity index (χ0v) is 14.6. The van der Waals surface area contributed by atoms with Crippen molar-refractivity contribution in [3.63, 3.8) is 0 Å². The van der Waals surface area contributed by atoms with Crippen LogP contribution in [0, 0.1) is 0 Å². The van der Waals surface area contributed by atoms with Crippen LogP contribution in [0.5, 0.6) is 0 Å². The van der Waals surface area contributed by atoms with E-state index in [4.69, 9.17) is 4.74 Å². The van der Waals surface area contributed by atoms with Gasteiger partial charge >= 0.3 is 0 Å². The van der Waals surface area contributed by atoms with Crippen LogP contribution in [0.2, 0.25) is 0 Å². The van der Waals surface area contributed by atoms with Crippen LogP contribution < -0.4 is 15.5 Å². The predicted octanol–water partition coefficient (Wildman–Crippen LogP) is 1.92. The second-order valence-electron chi connectivity index (χ2n) is 6.51. The summed E-state index contributed by atoms with van der Waals surface area (Å²) in [5.41, 5.74) is 1.23. The molecule has 0 saturated carbocycles. The van der Waals surface area contributed by atoms with Crippen molar-refractivity contribution >= 4 is 11.8 Å². The molecular weight excluding hydrogens is 302 g/mol. The van der Waals surface area contributed by atoms with Gasteiger partial charge in [-0.15, -0.1) is 0 Å².